The molecule has 0 bridgehead atoms. The topological polar surface area (TPSA) is 48.2 Å². The molecule has 0 amide bonds. The van der Waals surface area contributed by atoms with Crippen molar-refractivity contribution in [2.75, 3.05) is 7.11 Å². The first kappa shape index (κ1) is 14.7. The maximum Gasteiger partial charge on any atom is 0.277 e. The molecule has 2 aromatic carbocycles. The molecule has 3 rings (SSSR count). The molecular weight excluding hydrogens is 296 g/mol. The fourth-order valence-corrected chi connectivity index (χ4v) is 2.87. The van der Waals surface area contributed by atoms with Crippen molar-refractivity contribution in [2.45, 2.75) is 17.9 Å². The van der Waals surface area contributed by atoms with Crippen molar-refractivity contribution in [2.24, 2.45) is 0 Å². The molecule has 0 unspecified atom stereocenters. The number of rotatable bonds is 5. The number of aromatic nitrogens is 2. The Morgan fingerprint density at radius 1 is 1.05 bits per heavy atom. The highest BCUT2D eigenvalue weighted by Gasteiger charge is 2.10. The minimum Gasteiger partial charge on any atom is -0.497 e. The van der Waals surface area contributed by atoms with Crippen molar-refractivity contribution in [3.63, 3.8) is 0 Å². The molecule has 0 N–H and O–H groups in total. The van der Waals surface area contributed by atoms with Crippen LogP contribution in [-0.2, 0) is 5.75 Å². The second-order valence-electron chi connectivity index (χ2n) is 4.82. The van der Waals surface area contributed by atoms with Crippen molar-refractivity contribution < 1.29 is 9.15 Å². The Bertz CT molecular complexity index is 753. The van der Waals surface area contributed by atoms with Crippen molar-refractivity contribution in [1.82, 2.24) is 10.2 Å². The second-order valence-corrected chi connectivity index (χ2v) is 5.74. The van der Waals surface area contributed by atoms with Crippen LogP contribution in [0.2, 0.25) is 0 Å². The predicted octanol–water partition coefficient (Wildman–Crippen LogP) is 4.35. The lowest BCUT2D eigenvalue weighted by Gasteiger charge is -2.02. The molecule has 4 nitrogen and oxygen atoms in total. The number of hydrogen-bond donors (Lipinski definition) is 0. The molecule has 112 valence electrons. The van der Waals surface area contributed by atoms with Crippen molar-refractivity contribution in [3.05, 3.63) is 59.7 Å². The minimum atomic E-state index is 0.523. The van der Waals surface area contributed by atoms with Crippen molar-refractivity contribution in [1.29, 1.82) is 0 Å². The highest BCUT2D eigenvalue weighted by Crippen LogP contribution is 2.27. The molecule has 0 aliphatic carbocycles. The zero-order valence-electron chi connectivity index (χ0n) is 12.4. The van der Waals surface area contributed by atoms with E-state index in [2.05, 4.69) is 29.3 Å². The first-order valence-corrected chi connectivity index (χ1v) is 7.90. The highest BCUT2D eigenvalue weighted by molar-refractivity contribution is 7.98. The predicted molar refractivity (Wildman–Crippen MR) is 87.0 cm³/mol. The van der Waals surface area contributed by atoms with Crippen molar-refractivity contribution >= 4 is 11.8 Å². The number of aryl methyl sites for hydroxylation is 1. The van der Waals surface area contributed by atoms with E-state index < -0.39 is 0 Å². The molecular formula is C17H16N2O2S. The van der Waals surface area contributed by atoms with E-state index in [-0.39, 0.29) is 0 Å². The molecule has 0 saturated heterocycles. The monoisotopic (exact) mass is 312 g/mol. The van der Waals surface area contributed by atoms with Crippen LogP contribution in [0.3, 0.4) is 0 Å². The van der Waals surface area contributed by atoms with Crippen LogP contribution in [0.5, 0.6) is 5.75 Å². The summed E-state index contributed by atoms with van der Waals surface area (Å²) in [5.41, 5.74) is 3.43. The lowest BCUT2D eigenvalue weighted by molar-refractivity contribution is 0.414. The molecule has 0 atom stereocenters. The molecule has 1 heterocycles. The van der Waals surface area contributed by atoms with Gasteiger partial charge in [0.05, 0.1) is 7.11 Å². The van der Waals surface area contributed by atoms with Gasteiger partial charge in [-0.2, -0.15) is 0 Å². The van der Waals surface area contributed by atoms with Gasteiger partial charge in [0.1, 0.15) is 5.75 Å². The highest BCUT2D eigenvalue weighted by atomic mass is 32.2. The van der Waals surface area contributed by atoms with Crippen LogP contribution in [0.15, 0.2) is 58.2 Å². The van der Waals surface area contributed by atoms with Gasteiger partial charge in [0.25, 0.3) is 5.22 Å². The summed E-state index contributed by atoms with van der Waals surface area (Å²) in [7, 11) is 1.64. The Hall–Kier alpha value is -2.27. The van der Waals surface area contributed by atoms with Crippen molar-refractivity contribution in [3.8, 4) is 17.2 Å². The van der Waals surface area contributed by atoms with E-state index in [9.17, 15) is 0 Å². The maximum atomic E-state index is 5.70. The summed E-state index contributed by atoms with van der Waals surface area (Å²) in [6, 6.07) is 15.9. The number of hydrogen-bond acceptors (Lipinski definition) is 5. The molecule has 3 aromatic rings. The van der Waals surface area contributed by atoms with E-state index in [0.717, 1.165) is 17.1 Å². The summed E-state index contributed by atoms with van der Waals surface area (Å²) >= 11 is 1.55. The fraction of sp³-hybridized carbons (Fsp3) is 0.176. The van der Waals surface area contributed by atoms with Crippen LogP contribution in [0, 0.1) is 6.92 Å². The summed E-state index contributed by atoms with van der Waals surface area (Å²) in [6.45, 7) is 2.10. The number of thioether (sulfide) groups is 1. The molecule has 0 fully saturated rings. The Morgan fingerprint density at radius 3 is 2.55 bits per heavy atom. The summed E-state index contributed by atoms with van der Waals surface area (Å²) in [5.74, 6) is 2.14. The average Bonchev–Trinajstić information content (AvgIpc) is 3.03. The largest absolute Gasteiger partial charge is 0.497 e. The third-order valence-electron chi connectivity index (χ3n) is 3.36. The maximum absolute atomic E-state index is 5.70. The van der Waals surface area contributed by atoms with E-state index in [0.29, 0.717) is 11.1 Å². The Morgan fingerprint density at radius 2 is 1.82 bits per heavy atom. The van der Waals surface area contributed by atoms with Gasteiger partial charge in [-0.3, -0.25) is 0 Å². The van der Waals surface area contributed by atoms with Gasteiger partial charge in [0.15, 0.2) is 0 Å². The molecule has 22 heavy (non-hydrogen) atoms. The van der Waals surface area contributed by atoms with Gasteiger partial charge in [0.2, 0.25) is 5.89 Å². The van der Waals surface area contributed by atoms with Gasteiger partial charge in [-0.15, -0.1) is 10.2 Å². The Balaban J connectivity index is 1.69. The van der Waals surface area contributed by atoms with E-state index in [1.165, 1.54) is 11.1 Å². The number of methoxy groups -OCH3 is 1. The second kappa shape index (κ2) is 6.66. The van der Waals surface area contributed by atoms with Crippen LogP contribution in [-0.4, -0.2) is 17.3 Å². The first-order valence-electron chi connectivity index (χ1n) is 6.91. The lowest BCUT2D eigenvalue weighted by Crippen LogP contribution is -1.85. The third-order valence-corrected chi connectivity index (χ3v) is 4.22. The van der Waals surface area contributed by atoms with Gasteiger partial charge in [-0.25, -0.2) is 0 Å². The zero-order valence-corrected chi connectivity index (χ0v) is 13.3. The van der Waals surface area contributed by atoms with E-state index >= 15 is 0 Å². The smallest absolute Gasteiger partial charge is 0.277 e. The molecule has 0 saturated carbocycles. The van der Waals surface area contributed by atoms with Gasteiger partial charge in [-0.05, 0) is 42.3 Å². The van der Waals surface area contributed by atoms with Crippen LogP contribution < -0.4 is 4.74 Å². The SMILES string of the molecule is COc1ccc(-c2nnc(SCc3ccccc3C)o2)cc1. The van der Waals surface area contributed by atoms with Gasteiger partial charge in [-0.1, -0.05) is 36.0 Å². The normalized spacial score (nSPS) is 10.6. The van der Waals surface area contributed by atoms with Crippen LogP contribution in [0.1, 0.15) is 11.1 Å². The molecule has 0 aliphatic rings. The third kappa shape index (κ3) is 3.31. The van der Waals surface area contributed by atoms with Gasteiger partial charge >= 0.3 is 0 Å². The zero-order chi connectivity index (χ0) is 15.4. The van der Waals surface area contributed by atoms with Gasteiger partial charge in [0, 0.05) is 11.3 Å². The van der Waals surface area contributed by atoms with Crippen LogP contribution in [0.4, 0.5) is 0 Å². The number of nitrogens with zero attached hydrogens (tertiary/aromatic N) is 2. The van der Waals surface area contributed by atoms with Crippen LogP contribution >= 0.6 is 11.8 Å². The standard InChI is InChI=1S/C17H16N2O2S/c1-12-5-3-4-6-14(12)11-22-17-19-18-16(21-17)13-7-9-15(20-2)10-8-13/h3-10H,11H2,1-2H3. The number of ether oxygens (including phenoxy) is 1. The molecule has 0 radical (unpaired) electrons. The first-order chi connectivity index (χ1) is 10.8. The summed E-state index contributed by atoms with van der Waals surface area (Å²) < 4.78 is 10.8. The summed E-state index contributed by atoms with van der Waals surface area (Å²) in [5, 5.41) is 8.77. The lowest BCUT2D eigenvalue weighted by atomic mass is 10.1. The molecule has 0 spiro atoms. The van der Waals surface area contributed by atoms with E-state index in [1.54, 1.807) is 18.9 Å². The van der Waals surface area contributed by atoms with Gasteiger partial charge < -0.3 is 9.15 Å². The molecule has 0 aliphatic heterocycles. The summed E-state index contributed by atoms with van der Waals surface area (Å²) in [6.07, 6.45) is 0. The average molecular weight is 312 g/mol. The molecule has 1 aromatic heterocycles. The Labute approximate surface area is 133 Å². The Kier molecular flexibility index (Phi) is 4.44. The quantitative estimate of drug-likeness (QED) is 0.656. The summed E-state index contributed by atoms with van der Waals surface area (Å²) in [4.78, 5) is 0. The molecule has 5 heteroatoms. The van der Waals surface area contributed by atoms with Crippen LogP contribution in [0.25, 0.3) is 11.5 Å². The number of benzene rings is 2. The van der Waals surface area contributed by atoms with E-state index in [4.69, 9.17) is 9.15 Å². The minimum absolute atomic E-state index is 0.523. The van der Waals surface area contributed by atoms with E-state index in [1.807, 2.05) is 36.4 Å². The fourth-order valence-electron chi connectivity index (χ4n) is 2.03.